The largest absolute Gasteiger partial charge is 0.392 e. The van der Waals surface area contributed by atoms with Gasteiger partial charge in [-0.3, -0.25) is 0 Å². The summed E-state index contributed by atoms with van der Waals surface area (Å²) in [5.41, 5.74) is 0. The van der Waals surface area contributed by atoms with E-state index in [4.69, 9.17) is 11.6 Å². The van der Waals surface area contributed by atoms with Crippen molar-refractivity contribution >= 4 is 11.6 Å². The van der Waals surface area contributed by atoms with Crippen LogP contribution in [0.2, 0.25) is 0 Å². The van der Waals surface area contributed by atoms with E-state index in [1.54, 1.807) is 0 Å². The number of rotatable bonds is 6. The number of halogens is 1. The van der Waals surface area contributed by atoms with E-state index >= 15 is 0 Å². The summed E-state index contributed by atoms with van der Waals surface area (Å²) in [5.74, 6) is 0. The number of hydrogen-bond donors (Lipinski definition) is 2. The van der Waals surface area contributed by atoms with Gasteiger partial charge in [-0.1, -0.05) is 31.5 Å². The summed E-state index contributed by atoms with van der Waals surface area (Å²) in [6.07, 6.45) is 1.59. The molecule has 0 aromatic heterocycles. The molecule has 0 aromatic carbocycles. The number of aliphatic hydroxyl groups excluding tert-OH is 1. The van der Waals surface area contributed by atoms with Gasteiger partial charge in [-0.15, -0.1) is 0 Å². The maximum Gasteiger partial charge on any atom is 0.0664 e. The minimum Gasteiger partial charge on any atom is -0.392 e. The molecule has 11 heavy (non-hydrogen) atoms. The highest BCUT2D eigenvalue weighted by molar-refractivity contribution is 6.29. The van der Waals surface area contributed by atoms with Gasteiger partial charge < -0.3 is 10.4 Å². The molecule has 0 spiro atoms. The minimum absolute atomic E-state index is 0.254. The van der Waals surface area contributed by atoms with Gasteiger partial charge in [0.2, 0.25) is 0 Å². The first-order valence-electron chi connectivity index (χ1n) is 3.88. The van der Waals surface area contributed by atoms with Crippen molar-refractivity contribution in [1.82, 2.24) is 5.32 Å². The van der Waals surface area contributed by atoms with Gasteiger partial charge in [0, 0.05) is 18.1 Å². The van der Waals surface area contributed by atoms with Crippen LogP contribution in [0.4, 0.5) is 0 Å². The third kappa shape index (κ3) is 7.85. The zero-order valence-electron chi connectivity index (χ0n) is 6.94. The molecular weight excluding hydrogens is 162 g/mol. The van der Waals surface area contributed by atoms with Crippen LogP contribution in [0, 0.1) is 0 Å². The van der Waals surface area contributed by atoms with Gasteiger partial charge in [0.25, 0.3) is 0 Å². The molecule has 0 rings (SSSR count). The molecular formula is C8H16ClNO. The summed E-state index contributed by atoms with van der Waals surface area (Å²) in [7, 11) is 0. The third-order valence-corrected chi connectivity index (χ3v) is 1.45. The smallest absolute Gasteiger partial charge is 0.0664 e. The zero-order valence-corrected chi connectivity index (χ0v) is 7.69. The van der Waals surface area contributed by atoms with Crippen LogP contribution in [-0.2, 0) is 0 Å². The fourth-order valence-electron chi connectivity index (χ4n) is 0.810. The fourth-order valence-corrected chi connectivity index (χ4v) is 0.904. The predicted molar refractivity (Wildman–Crippen MR) is 48.8 cm³/mol. The lowest BCUT2D eigenvalue weighted by molar-refractivity contribution is 0.162. The van der Waals surface area contributed by atoms with Crippen molar-refractivity contribution in [2.75, 3.05) is 13.1 Å². The third-order valence-electron chi connectivity index (χ3n) is 1.32. The van der Waals surface area contributed by atoms with Crippen molar-refractivity contribution in [3.8, 4) is 0 Å². The van der Waals surface area contributed by atoms with Gasteiger partial charge in [-0.05, 0) is 6.42 Å². The highest BCUT2D eigenvalue weighted by atomic mass is 35.5. The van der Waals surface area contributed by atoms with E-state index in [0.717, 1.165) is 12.8 Å². The Hall–Kier alpha value is -0.0500. The second kappa shape index (κ2) is 6.65. The monoisotopic (exact) mass is 177 g/mol. The lowest BCUT2D eigenvalue weighted by atomic mass is 10.2. The van der Waals surface area contributed by atoms with Crippen molar-refractivity contribution in [1.29, 1.82) is 0 Å². The van der Waals surface area contributed by atoms with Crippen molar-refractivity contribution in [2.45, 2.75) is 25.9 Å². The molecule has 0 heterocycles. The van der Waals surface area contributed by atoms with E-state index in [0.29, 0.717) is 18.1 Å². The Bertz CT molecular complexity index is 117. The topological polar surface area (TPSA) is 32.3 Å². The van der Waals surface area contributed by atoms with E-state index in [9.17, 15) is 5.11 Å². The maximum absolute atomic E-state index is 9.23. The Morgan fingerprint density at radius 1 is 1.73 bits per heavy atom. The molecule has 1 unspecified atom stereocenters. The standard InChI is InChI=1S/C8H16ClNO/c1-3-4-8(11)6-10-5-7(2)9/h8,10-11H,2-6H2,1H3. The van der Waals surface area contributed by atoms with Crippen molar-refractivity contribution in [3.05, 3.63) is 11.6 Å². The van der Waals surface area contributed by atoms with Gasteiger partial charge in [0.05, 0.1) is 6.10 Å². The van der Waals surface area contributed by atoms with Gasteiger partial charge in [0.15, 0.2) is 0 Å². The van der Waals surface area contributed by atoms with E-state index in [-0.39, 0.29) is 6.10 Å². The molecule has 0 aliphatic heterocycles. The second-order valence-electron chi connectivity index (χ2n) is 2.59. The molecule has 0 aliphatic rings. The molecule has 0 saturated heterocycles. The summed E-state index contributed by atoms with van der Waals surface area (Å²) < 4.78 is 0. The maximum atomic E-state index is 9.23. The van der Waals surface area contributed by atoms with E-state index in [2.05, 4.69) is 11.9 Å². The quantitative estimate of drug-likeness (QED) is 0.645. The summed E-state index contributed by atoms with van der Waals surface area (Å²) in [6, 6.07) is 0. The Labute approximate surface area is 73.3 Å². The average molecular weight is 178 g/mol. The molecule has 2 nitrogen and oxygen atoms in total. The molecule has 0 saturated carbocycles. The van der Waals surface area contributed by atoms with E-state index in [1.165, 1.54) is 0 Å². The Balaban J connectivity index is 3.16. The van der Waals surface area contributed by atoms with Gasteiger partial charge in [0.1, 0.15) is 0 Å². The number of hydrogen-bond acceptors (Lipinski definition) is 2. The molecule has 0 aliphatic carbocycles. The van der Waals surface area contributed by atoms with Crippen LogP contribution < -0.4 is 5.32 Å². The molecule has 0 radical (unpaired) electrons. The molecule has 0 aromatic rings. The molecule has 0 amide bonds. The first-order valence-corrected chi connectivity index (χ1v) is 4.26. The van der Waals surface area contributed by atoms with Crippen molar-refractivity contribution < 1.29 is 5.11 Å². The summed E-state index contributed by atoms with van der Waals surface area (Å²) in [6.45, 7) is 6.73. The highest BCUT2D eigenvalue weighted by Gasteiger charge is 2.00. The van der Waals surface area contributed by atoms with E-state index in [1.807, 2.05) is 6.92 Å². The van der Waals surface area contributed by atoms with Crippen LogP contribution in [0.1, 0.15) is 19.8 Å². The molecule has 3 heteroatoms. The lowest BCUT2D eigenvalue weighted by Gasteiger charge is -2.09. The molecule has 2 N–H and O–H groups in total. The fraction of sp³-hybridized carbons (Fsp3) is 0.750. The zero-order chi connectivity index (χ0) is 8.69. The van der Waals surface area contributed by atoms with E-state index < -0.39 is 0 Å². The van der Waals surface area contributed by atoms with Crippen molar-refractivity contribution in [2.24, 2.45) is 0 Å². The Morgan fingerprint density at radius 3 is 2.82 bits per heavy atom. The average Bonchev–Trinajstić information content (AvgIpc) is 1.87. The molecule has 0 fully saturated rings. The van der Waals surface area contributed by atoms with Crippen LogP contribution in [0.25, 0.3) is 0 Å². The highest BCUT2D eigenvalue weighted by Crippen LogP contribution is 1.96. The van der Waals surface area contributed by atoms with Gasteiger partial charge in [-0.25, -0.2) is 0 Å². The van der Waals surface area contributed by atoms with Gasteiger partial charge >= 0.3 is 0 Å². The van der Waals surface area contributed by atoms with Crippen molar-refractivity contribution in [3.63, 3.8) is 0 Å². The second-order valence-corrected chi connectivity index (χ2v) is 3.13. The minimum atomic E-state index is -0.254. The van der Waals surface area contributed by atoms with Crippen LogP contribution in [0.5, 0.6) is 0 Å². The first kappa shape index (κ1) is 11.0. The Kier molecular flexibility index (Phi) is 6.62. The molecule has 1 atom stereocenters. The predicted octanol–water partition coefficient (Wildman–Crippen LogP) is 1.49. The van der Waals surface area contributed by atoms with Crippen LogP contribution in [0.3, 0.4) is 0 Å². The SMILES string of the molecule is C=C(Cl)CNCC(O)CCC. The van der Waals surface area contributed by atoms with Crippen LogP contribution in [-0.4, -0.2) is 24.3 Å². The number of nitrogens with one attached hydrogen (secondary N) is 1. The summed E-state index contributed by atoms with van der Waals surface area (Å²) in [4.78, 5) is 0. The molecule has 0 bridgehead atoms. The first-order chi connectivity index (χ1) is 5.16. The van der Waals surface area contributed by atoms with Crippen LogP contribution in [0.15, 0.2) is 11.6 Å². The number of aliphatic hydroxyl groups is 1. The summed E-state index contributed by atoms with van der Waals surface area (Å²) in [5, 5.41) is 12.8. The molecule has 66 valence electrons. The summed E-state index contributed by atoms with van der Waals surface area (Å²) >= 11 is 5.50. The Morgan fingerprint density at radius 2 is 2.36 bits per heavy atom. The van der Waals surface area contributed by atoms with Crippen LogP contribution >= 0.6 is 11.6 Å². The van der Waals surface area contributed by atoms with Gasteiger partial charge in [-0.2, -0.15) is 0 Å². The normalized spacial score (nSPS) is 13.0. The lowest BCUT2D eigenvalue weighted by Crippen LogP contribution is -2.27.